The van der Waals surface area contributed by atoms with Gasteiger partial charge in [-0.15, -0.1) is 34.4 Å². The summed E-state index contributed by atoms with van der Waals surface area (Å²) in [5, 5.41) is 16.2. The van der Waals surface area contributed by atoms with E-state index in [1.165, 1.54) is 0 Å². The Morgan fingerprint density at radius 1 is 1.00 bits per heavy atom. The number of thioether (sulfide) groups is 1. The third-order valence-electron chi connectivity index (χ3n) is 3.86. The topological polar surface area (TPSA) is 55.2 Å². The van der Waals surface area contributed by atoms with Crippen molar-refractivity contribution in [3.8, 4) is 10.7 Å². The van der Waals surface area contributed by atoms with Gasteiger partial charge < -0.3 is 9.84 Å². The van der Waals surface area contributed by atoms with Crippen LogP contribution >= 0.6 is 34.4 Å². The van der Waals surface area contributed by atoms with Gasteiger partial charge in [0, 0.05) is 16.0 Å². The molecule has 0 amide bonds. The van der Waals surface area contributed by atoms with Crippen LogP contribution in [0, 0.1) is 0 Å². The highest BCUT2D eigenvalue weighted by Gasteiger charge is 2.13. The summed E-state index contributed by atoms with van der Waals surface area (Å²) in [7, 11) is 0. The van der Waals surface area contributed by atoms with Gasteiger partial charge in [-0.2, -0.15) is 0 Å². The number of aliphatic hydroxyl groups excluding tert-OH is 1. The highest BCUT2D eigenvalue weighted by molar-refractivity contribution is 7.99. The van der Waals surface area contributed by atoms with E-state index in [-0.39, 0.29) is 0 Å². The zero-order valence-electron chi connectivity index (χ0n) is 14.4. The Kier molecular flexibility index (Phi) is 6.16. The highest BCUT2D eigenvalue weighted by atomic mass is 32.2. The van der Waals surface area contributed by atoms with Crippen molar-refractivity contribution in [3.05, 3.63) is 64.2 Å². The fourth-order valence-corrected chi connectivity index (χ4v) is 4.81. The molecule has 4 rings (SSSR count). The lowest BCUT2D eigenvalue weighted by molar-refractivity contribution is 0.0409. The summed E-state index contributed by atoms with van der Waals surface area (Å²) in [4.78, 5) is 11.6. The van der Waals surface area contributed by atoms with Gasteiger partial charge in [0.15, 0.2) is 5.82 Å². The normalized spacial score (nSPS) is 12.5. The van der Waals surface area contributed by atoms with Crippen molar-refractivity contribution in [2.75, 3.05) is 12.4 Å². The van der Waals surface area contributed by atoms with Crippen LogP contribution in [0.3, 0.4) is 0 Å². The number of benzene rings is 1. The average molecular weight is 415 g/mol. The first-order chi connectivity index (χ1) is 13.3. The largest absolute Gasteiger partial charge is 0.390 e. The number of aromatic nitrogens is 2. The number of aliphatic hydroxyl groups is 1. The van der Waals surface area contributed by atoms with E-state index in [2.05, 4.69) is 4.98 Å². The molecule has 0 spiro atoms. The van der Waals surface area contributed by atoms with Crippen LogP contribution in [-0.4, -0.2) is 33.5 Å². The van der Waals surface area contributed by atoms with Crippen molar-refractivity contribution in [2.24, 2.45) is 0 Å². The second-order valence-electron chi connectivity index (χ2n) is 5.91. The quantitative estimate of drug-likeness (QED) is 0.321. The van der Waals surface area contributed by atoms with Gasteiger partial charge >= 0.3 is 0 Å². The summed E-state index contributed by atoms with van der Waals surface area (Å²) >= 11 is 4.83. The van der Waals surface area contributed by atoms with Crippen molar-refractivity contribution in [1.29, 1.82) is 0 Å². The van der Waals surface area contributed by atoms with Gasteiger partial charge in [-0.3, -0.25) is 0 Å². The van der Waals surface area contributed by atoms with E-state index in [4.69, 9.17) is 9.72 Å². The molecule has 27 heavy (non-hydrogen) atoms. The van der Waals surface area contributed by atoms with Crippen LogP contribution < -0.4 is 0 Å². The summed E-state index contributed by atoms with van der Waals surface area (Å²) in [6.45, 7) is 0.851. The third kappa shape index (κ3) is 4.75. The lowest BCUT2D eigenvalue weighted by Gasteiger charge is -2.12. The standard InChI is InChI=1S/C20H18N2O2S3/c23-14(11-24-12-15-5-3-9-25-15)13-27-20-16-6-1-2-7-17(16)21-19(22-20)18-8-4-10-26-18/h1-10,14,23H,11-13H2/t14-/m1/s1. The number of thiophene rings is 2. The van der Waals surface area contributed by atoms with Crippen LogP contribution in [0.4, 0.5) is 0 Å². The molecule has 0 aliphatic heterocycles. The van der Waals surface area contributed by atoms with E-state index < -0.39 is 6.10 Å². The molecule has 0 saturated heterocycles. The number of nitrogens with zero attached hydrogens (tertiary/aromatic N) is 2. The predicted octanol–water partition coefficient (Wildman–Crippen LogP) is 5.09. The van der Waals surface area contributed by atoms with E-state index in [0.29, 0.717) is 19.0 Å². The van der Waals surface area contributed by atoms with Gasteiger partial charge in [-0.25, -0.2) is 9.97 Å². The number of hydrogen-bond donors (Lipinski definition) is 1. The summed E-state index contributed by atoms with van der Waals surface area (Å²) < 4.78 is 5.61. The Labute approximate surface area is 169 Å². The van der Waals surface area contributed by atoms with Gasteiger partial charge in [0.1, 0.15) is 5.03 Å². The van der Waals surface area contributed by atoms with Gasteiger partial charge in [-0.1, -0.05) is 30.3 Å². The van der Waals surface area contributed by atoms with E-state index in [1.54, 1.807) is 34.4 Å². The Hall–Kier alpha value is -1.77. The molecular weight excluding hydrogens is 396 g/mol. The monoisotopic (exact) mass is 414 g/mol. The van der Waals surface area contributed by atoms with Crippen LogP contribution in [-0.2, 0) is 11.3 Å². The smallest absolute Gasteiger partial charge is 0.171 e. The lowest BCUT2D eigenvalue weighted by Crippen LogP contribution is -2.17. The van der Waals surface area contributed by atoms with E-state index >= 15 is 0 Å². The van der Waals surface area contributed by atoms with E-state index in [1.807, 2.05) is 59.3 Å². The molecular formula is C20H18N2O2S3. The number of rotatable bonds is 8. The van der Waals surface area contributed by atoms with Crippen molar-refractivity contribution in [1.82, 2.24) is 9.97 Å². The van der Waals surface area contributed by atoms with Crippen LogP contribution in [0.5, 0.6) is 0 Å². The Morgan fingerprint density at radius 3 is 2.67 bits per heavy atom. The second kappa shape index (κ2) is 8.95. The van der Waals surface area contributed by atoms with Gasteiger partial charge in [0.2, 0.25) is 0 Å². The van der Waals surface area contributed by atoms with E-state index in [0.717, 1.165) is 31.5 Å². The molecule has 138 valence electrons. The number of ether oxygens (including phenoxy) is 1. The minimum Gasteiger partial charge on any atom is -0.390 e. The minimum absolute atomic E-state index is 0.311. The molecule has 0 aliphatic rings. The zero-order valence-corrected chi connectivity index (χ0v) is 16.9. The predicted molar refractivity (Wildman–Crippen MR) is 114 cm³/mol. The van der Waals surface area contributed by atoms with Crippen LogP contribution in [0.2, 0.25) is 0 Å². The third-order valence-corrected chi connectivity index (χ3v) is 6.71. The molecule has 1 aromatic carbocycles. The minimum atomic E-state index is -0.547. The summed E-state index contributed by atoms with van der Waals surface area (Å²) in [6.07, 6.45) is -0.547. The summed E-state index contributed by atoms with van der Waals surface area (Å²) in [6, 6.07) is 16.0. The Bertz CT molecular complexity index is 988. The molecule has 0 saturated carbocycles. The molecule has 1 N–H and O–H groups in total. The number of hydrogen-bond acceptors (Lipinski definition) is 7. The van der Waals surface area contributed by atoms with Crippen LogP contribution in [0.1, 0.15) is 4.88 Å². The zero-order chi connectivity index (χ0) is 18.5. The molecule has 1 atom stereocenters. The van der Waals surface area contributed by atoms with Crippen molar-refractivity contribution in [3.63, 3.8) is 0 Å². The maximum atomic E-state index is 10.3. The average Bonchev–Trinajstić information content (AvgIpc) is 3.40. The van der Waals surface area contributed by atoms with Gasteiger partial charge in [0.25, 0.3) is 0 Å². The first kappa shape index (κ1) is 18.6. The van der Waals surface area contributed by atoms with Crippen LogP contribution in [0.25, 0.3) is 21.6 Å². The van der Waals surface area contributed by atoms with Gasteiger partial charge in [0.05, 0.1) is 29.7 Å². The van der Waals surface area contributed by atoms with Crippen molar-refractivity contribution >= 4 is 45.3 Å². The van der Waals surface area contributed by atoms with Crippen LogP contribution in [0.15, 0.2) is 64.3 Å². The fraction of sp³-hybridized carbons (Fsp3) is 0.200. The van der Waals surface area contributed by atoms with Gasteiger partial charge in [-0.05, 0) is 29.0 Å². The Morgan fingerprint density at radius 2 is 1.85 bits per heavy atom. The first-order valence-corrected chi connectivity index (χ1v) is 11.3. The molecule has 0 radical (unpaired) electrons. The molecule has 0 bridgehead atoms. The number of para-hydroxylation sites is 1. The molecule has 7 heteroatoms. The molecule has 0 unspecified atom stereocenters. The second-order valence-corrected chi connectivity index (χ2v) is 8.89. The molecule has 3 aromatic heterocycles. The number of fused-ring (bicyclic) bond motifs is 1. The SMILES string of the molecule is O[C@H](COCc1cccs1)CSc1nc(-c2cccs2)nc2ccccc12. The summed E-state index contributed by atoms with van der Waals surface area (Å²) in [5.41, 5.74) is 0.918. The highest BCUT2D eigenvalue weighted by Crippen LogP contribution is 2.30. The molecule has 4 nitrogen and oxygen atoms in total. The van der Waals surface area contributed by atoms with Crippen molar-refractivity contribution in [2.45, 2.75) is 17.7 Å². The summed E-state index contributed by atoms with van der Waals surface area (Å²) in [5.74, 6) is 1.25. The molecule has 3 heterocycles. The van der Waals surface area contributed by atoms with E-state index in [9.17, 15) is 5.11 Å². The molecule has 0 fully saturated rings. The fourth-order valence-electron chi connectivity index (χ4n) is 2.59. The first-order valence-electron chi connectivity index (χ1n) is 8.51. The van der Waals surface area contributed by atoms with Crippen molar-refractivity contribution < 1.29 is 9.84 Å². The maximum Gasteiger partial charge on any atom is 0.171 e. The molecule has 0 aliphatic carbocycles. The Balaban J connectivity index is 1.44. The maximum absolute atomic E-state index is 10.3. The lowest BCUT2D eigenvalue weighted by atomic mass is 10.2. The molecule has 4 aromatic rings.